The summed E-state index contributed by atoms with van der Waals surface area (Å²) in [5.41, 5.74) is 0.213. The highest BCUT2D eigenvalue weighted by Crippen LogP contribution is 2.18. The lowest BCUT2D eigenvalue weighted by molar-refractivity contribution is -0.121. The lowest BCUT2D eigenvalue weighted by atomic mass is 10.2. The molecular weight excluding hydrogens is 300 g/mol. The van der Waals surface area contributed by atoms with Crippen molar-refractivity contribution in [2.24, 2.45) is 0 Å². The van der Waals surface area contributed by atoms with E-state index in [4.69, 9.17) is 9.47 Å². The van der Waals surface area contributed by atoms with E-state index in [1.54, 1.807) is 25.5 Å². The molecule has 2 N–H and O–H groups in total. The molecule has 8 nitrogen and oxygen atoms in total. The van der Waals surface area contributed by atoms with Crippen molar-refractivity contribution in [1.82, 2.24) is 20.4 Å². The zero-order valence-corrected chi connectivity index (χ0v) is 13.8. The summed E-state index contributed by atoms with van der Waals surface area (Å²) < 4.78 is 12.4. The Kier molecular flexibility index (Phi) is 5.46. The molecular formula is C15H24N4O4. The predicted molar refractivity (Wildman–Crippen MR) is 83.0 cm³/mol. The fraction of sp³-hybridized carbons (Fsp3) is 0.667. The first-order valence-electron chi connectivity index (χ1n) is 7.76. The topological polar surface area (TPSA) is 94.5 Å². The van der Waals surface area contributed by atoms with Crippen LogP contribution in [-0.2, 0) is 22.6 Å². The normalized spacial score (nSPS) is 13.7. The van der Waals surface area contributed by atoms with Gasteiger partial charge in [-0.3, -0.25) is 4.79 Å². The Bertz CT molecular complexity index is 539. The van der Waals surface area contributed by atoms with Gasteiger partial charge in [-0.2, -0.15) is 5.10 Å². The molecule has 0 spiro atoms. The molecule has 0 unspecified atom stereocenters. The first-order chi connectivity index (χ1) is 10.8. The molecule has 2 amide bonds. The van der Waals surface area contributed by atoms with Crippen LogP contribution in [0.2, 0.25) is 0 Å². The molecule has 0 atom stereocenters. The summed E-state index contributed by atoms with van der Waals surface area (Å²) in [6.45, 7) is 7.46. The molecule has 0 aromatic carbocycles. The number of carbonyl (C=O) groups excluding carboxylic acids is 2. The molecule has 2 heterocycles. The monoisotopic (exact) mass is 324 g/mol. The number of ether oxygens (including phenoxy) is 2. The first-order valence-corrected chi connectivity index (χ1v) is 7.76. The summed E-state index contributed by atoms with van der Waals surface area (Å²) in [5.74, 6) is 0.583. The number of carbonyl (C=O) groups is 2. The Balaban J connectivity index is 1.65. The molecule has 2 rings (SSSR count). The summed E-state index contributed by atoms with van der Waals surface area (Å²) in [5, 5.41) is 9.67. The van der Waals surface area contributed by atoms with Gasteiger partial charge in [0.25, 0.3) is 0 Å². The van der Waals surface area contributed by atoms with Gasteiger partial charge in [0.05, 0.1) is 18.8 Å². The van der Waals surface area contributed by atoms with Crippen molar-refractivity contribution in [3.8, 4) is 5.88 Å². The fourth-order valence-corrected chi connectivity index (χ4v) is 2.07. The van der Waals surface area contributed by atoms with E-state index in [1.165, 1.54) is 0 Å². The second-order valence-corrected chi connectivity index (χ2v) is 6.35. The lowest BCUT2D eigenvalue weighted by Gasteiger charge is -2.19. The predicted octanol–water partition coefficient (Wildman–Crippen LogP) is 1.20. The Labute approximate surface area is 135 Å². The van der Waals surface area contributed by atoms with Gasteiger partial charge in [-0.15, -0.1) is 0 Å². The highest BCUT2D eigenvalue weighted by molar-refractivity contribution is 5.77. The molecule has 1 aromatic rings. The first kappa shape index (κ1) is 17.1. The van der Waals surface area contributed by atoms with Crippen molar-refractivity contribution in [3.05, 3.63) is 11.8 Å². The maximum absolute atomic E-state index is 11.8. The number of rotatable bonds is 5. The van der Waals surface area contributed by atoms with Gasteiger partial charge in [0, 0.05) is 32.0 Å². The maximum Gasteiger partial charge on any atom is 0.407 e. The van der Waals surface area contributed by atoms with Gasteiger partial charge in [-0.1, -0.05) is 0 Å². The van der Waals surface area contributed by atoms with Gasteiger partial charge in [-0.05, 0) is 20.8 Å². The highest BCUT2D eigenvalue weighted by atomic mass is 16.6. The molecule has 0 fully saturated rings. The average Bonchev–Trinajstić information content (AvgIpc) is 2.86. The van der Waals surface area contributed by atoms with Crippen LogP contribution >= 0.6 is 0 Å². The van der Waals surface area contributed by atoms with Crippen LogP contribution < -0.4 is 15.4 Å². The molecule has 1 aliphatic heterocycles. The minimum Gasteiger partial charge on any atom is -0.478 e. The zero-order valence-electron chi connectivity index (χ0n) is 13.8. The summed E-state index contributed by atoms with van der Waals surface area (Å²) in [6.07, 6.45) is 0.601. The van der Waals surface area contributed by atoms with E-state index < -0.39 is 11.7 Å². The van der Waals surface area contributed by atoms with Crippen molar-refractivity contribution in [2.45, 2.75) is 52.3 Å². The van der Waals surface area contributed by atoms with Crippen LogP contribution in [0.15, 0.2) is 6.07 Å². The molecule has 0 saturated carbocycles. The van der Waals surface area contributed by atoms with Crippen LogP contribution in [0.1, 0.15) is 39.3 Å². The molecule has 0 radical (unpaired) electrons. The minimum absolute atomic E-state index is 0.159. The quantitative estimate of drug-likeness (QED) is 0.848. The van der Waals surface area contributed by atoms with Gasteiger partial charge in [0.1, 0.15) is 5.60 Å². The summed E-state index contributed by atoms with van der Waals surface area (Å²) in [7, 11) is 0. The zero-order chi connectivity index (χ0) is 16.9. The van der Waals surface area contributed by atoms with Crippen LogP contribution in [0.4, 0.5) is 4.79 Å². The van der Waals surface area contributed by atoms with E-state index in [0.717, 1.165) is 24.5 Å². The van der Waals surface area contributed by atoms with Gasteiger partial charge >= 0.3 is 6.09 Å². The number of aromatic nitrogens is 2. The minimum atomic E-state index is -0.547. The van der Waals surface area contributed by atoms with Crippen molar-refractivity contribution >= 4 is 12.0 Å². The fourth-order valence-electron chi connectivity index (χ4n) is 2.07. The van der Waals surface area contributed by atoms with Crippen molar-refractivity contribution in [1.29, 1.82) is 0 Å². The average molecular weight is 324 g/mol. The number of alkyl carbamates (subject to hydrolysis) is 1. The third-order valence-corrected chi connectivity index (χ3v) is 3.04. The van der Waals surface area contributed by atoms with Gasteiger partial charge < -0.3 is 20.1 Å². The third kappa shape index (κ3) is 5.80. The number of aryl methyl sites for hydroxylation is 1. The van der Waals surface area contributed by atoms with E-state index in [9.17, 15) is 9.59 Å². The standard InChI is InChI=1S/C15H24N4O4/c1-15(2,3)23-14(21)16-6-5-12(20)17-10-11-9-13-19(18-11)7-4-8-22-13/h9H,4-8,10H2,1-3H3,(H,16,21)(H,17,20). The Hall–Kier alpha value is -2.25. The number of nitrogens with zero attached hydrogens (tertiary/aromatic N) is 2. The van der Waals surface area contributed by atoms with Crippen molar-refractivity contribution < 1.29 is 19.1 Å². The molecule has 1 aliphatic rings. The molecule has 0 aliphatic carbocycles. The molecule has 8 heteroatoms. The smallest absolute Gasteiger partial charge is 0.407 e. The molecule has 0 bridgehead atoms. The summed E-state index contributed by atoms with van der Waals surface area (Å²) in [4.78, 5) is 23.2. The third-order valence-electron chi connectivity index (χ3n) is 3.04. The maximum atomic E-state index is 11.8. The summed E-state index contributed by atoms with van der Waals surface area (Å²) >= 11 is 0. The van der Waals surface area contributed by atoms with E-state index in [2.05, 4.69) is 15.7 Å². The SMILES string of the molecule is CC(C)(C)OC(=O)NCCC(=O)NCc1cc2n(n1)CCCO2. The van der Waals surface area contributed by atoms with Gasteiger partial charge in [0.2, 0.25) is 11.8 Å². The van der Waals surface area contributed by atoms with E-state index in [1.807, 2.05) is 6.07 Å². The van der Waals surface area contributed by atoms with E-state index in [-0.39, 0.29) is 18.9 Å². The Morgan fingerprint density at radius 1 is 1.39 bits per heavy atom. The van der Waals surface area contributed by atoms with Crippen LogP contribution in [0, 0.1) is 0 Å². The Morgan fingerprint density at radius 3 is 2.87 bits per heavy atom. The molecule has 0 saturated heterocycles. The second-order valence-electron chi connectivity index (χ2n) is 6.35. The molecule has 23 heavy (non-hydrogen) atoms. The van der Waals surface area contributed by atoms with E-state index in [0.29, 0.717) is 13.2 Å². The van der Waals surface area contributed by atoms with Crippen molar-refractivity contribution in [2.75, 3.05) is 13.2 Å². The largest absolute Gasteiger partial charge is 0.478 e. The van der Waals surface area contributed by atoms with Crippen LogP contribution in [-0.4, -0.2) is 40.5 Å². The van der Waals surface area contributed by atoms with Gasteiger partial charge in [0.15, 0.2) is 0 Å². The number of fused-ring (bicyclic) bond motifs is 1. The second kappa shape index (κ2) is 7.34. The van der Waals surface area contributed by atoms with Crippen LogP contribution in [0.25, 0.3) is 0 Å². The number of amides is 2. The van der Waals surface area contributed by atoms with Crippen molar-refractivity contribution in [3.63, 3.8) is 0 Å². The van der Waals surface area contributed by atoms with E-state index >= 15 is 0 Å². The number of hydrogen-bond donors (Lipinski definition) is 2. The number of nitrogens with one attached hydrogen (secondary N) is 2. The molecule has 1 aromatic heterocycles. The molecule has 128 valence electrons. The van der Waals surface area contributed by atoms with Crippen LogP contribution in [0.5, 0.6) is 5.88 Å². The highest BCUT2D eigenvalue weighted by Gasteiger charge is 2.16. The summed E-state index contributed by atoms with van der Waals surface area (Å²) in [6, 6.07) is 1.83. The van der Waals surface area contributed by atoms with Crippen LogP contribution in [0.3, 0.4) is 0 Å². The lowest BCUT2D eigenvalue weighted by Crippen LogP contribution is -2.35. The number of hydrogen-bond acceptors (Lipinski definition) is 5. The Morgan fingerprint density at radius 2 is 2.17 bits per heavy atom. The van der Waals surface area contributed by atoms with Gasteiger partial charge in [-0.25, -0.2) is 9.48 Å².